The number of rotatable bonds is 34. The summed E-state index contributed by atoms with van der Waals surface area (Å²) in [6, 6.07) is -1.26. The highest BCUT2D eigenvalue weighted by Gasteiger charge is 2.27. The first kappa shape index (κ1) is 46.3. The molecule has 7 nitrogen and oxygen atoms in total. The molecule has 0 aliphatic rings. The lowest BCUT2D eigenvalue weighted by atomic mass is 10.1. The van der Waals surface area contributed by atoms with Crippen LogP contribution in [0.4, 0.5) is 0 Å². The van der Waals surface area contributed by atoms with Crippen molar-refractivity contribution in [2.75, 3.05) is 5.75 Å². The Balaban J connectivity index is 4.19. The van der Waals surface area contributed by atoms with Crippen LogP contribution in [0.1, 0.15) is 174 Å². The van der Waals surface area contributed by atoms with Crippen LogP contribution < -0.4 is 5.32 Å². The maximum atomic E-state index is 12.5. The fraction of sp³-hybridized carbons (Fsp3) is 0.775. The Morgan fingerprint density at radius 3 is 1.38 bits per heavy atom. The molecular formula is C40H73NO6S. The molecule has 0 aliphatic carbocycles. The van der Waals surface area contributed by atoms with Crippen LogP contribution in [-0.4, -0.2) is 53.1 Å². The third-order valence-corrected chi connectivity index (χ3v) is 9.34. The molecule has 1 amide bonds. The van der Waals surface area contributed by atoms with Gasteiger partial charge in [0, 0.05) is 0 Å². The Kier molecular flexibility index (Phi) is 32.5. The van der Waals surface area contributed by atoms with E-state index >= 15 is 0 Å². The first-order valence-corrected chi connectivity index (χ1v) is 21.1. The van der Waals surface area contributed by atoms with Gasteiger partial charge in [-0.3, -0.25) is 9.35 Å². The Morgan fingerprint density at radius 2 is 0.938 bits per heavy atom. The number of hydrogen-bond donors (Lipinski definition) is 4. The van der Waals surface area contributed by atoms with E-state index in [4.69, 9.17) is 0 Å². The molecular weight excluding hydrogens is 623 g/mol. The van der Waals surface area contributed by atoms with Crippen molar-refractivity contribution in [1.29, 1.82) is 0 Å². The molecule has 0 aliphatic heterocycles. The maximum absolute atomic E-state index is 12.5. The van der Waals surface area contributed by atoms with Crippen LogP contribution in [0.25, 0.3) is 0 Å². The number of hydrogen-bond acceptors (Lipinski definition) is 5. The van der Waals surface area contributed by atoms with Crippen molar-refractivity contribution < 1.29 is 28.0 Å². The molecule has 0 aromatic rings. The Labute approximate surface area is 295 Å². The van der Waals surface area contributed by atoms with Gasteiger partial charge in [-0.05, 0) is 70.6 Å². The highest BCUT2D eigenvalue weighted by molar-refractivity contribution is 7.85. The van der Waals surface area contributed by atoms with Gasteiger partial charge in [0.2, 0.25) is 5.91 Å². The number of unbranched alkanes of at least 4 members (excludes halogenated alkanes) is 19. The maximum Gasteiger partial charge on any atom is 0.267 e. The van der Waals surface area contributed by atoms with Gasteiger partial charge in [0.15, 0.2) is 0 Å². The van der Waals surface area contributed by atoms with Crippen LogP contribution in [-0.2, 0) is 14.9 Å². The van der Waals surface area contributed by atoms with Crippen LogP contribution in [0.3, 0.4) is 0 Å². The first-order valence-electron chi connectivity index (χ1n) is 19.4. The molecule has 0 saturated carbocycles. The fourth-order valence-corrected chi connectivity index (χ4v) is 6.27. The normalized spacial score (nSPS) is 14.5. The second-order valence-corrected chi connectivity index (χ2v) is 14.8. The lowest BCUT2D eigenvalue weighted by Crippen LogP contribution is -2.50. The highest BCUT2D eigenvalue weighted by Crippen LogP contribution is 2.12. The SMILES string of the molecule is CCCCCCCC/C=C\CCCCC(O)C(=O)NC(CS(=O)(=O)O)C(O)/C=C/CC/C=C/CC/C=C/CCCCCCCCCCC. The summed E-state index contributed by atoms with van der Waals surface area (Å²) < 4.78 is 32.4. The molecule has 0 saturated heterocycles. The van der Waals surface area contributed by atoms with Gasteiger partial charge >= 0.3 is 0 Å². The Hall–Kier alpha value is -1.74. The molecule has 3 atom stereocenters. The van der Waals surface area contributed by atoms with Gasteiger partial charge in [-0.15, -0.1) is 0 Å². The minimum Gasteiger partial charge on any atom is -0.387 e. The van der Waals surface area contributed by atoms with Gasteiger partial charge in [0.25, 0.3) is 10.1 Å². The summed E-state index contributed by atoms with van der Waals surface area (Å²) in [4.78, 5) is 12.5. The van der Waals surface area contributed by atoms with Crippen molar-refractivity contribution in [3.63, 3.8) is 0 Å². The molecule has 0 rings (SSSR count). The van der Waals surface area contributed by atoms with Crippen LogP contribution in [0.15, 0.2) is 48.6 Å². The van der Waals surface area contributed by atoms with Crippen molar-refractivity contribution in [2.45, 2.75) is 193 Å². The summed E-state index contributed by atoms with van der Waals surface area (Å²) in [5.74, 6) is -1.59. The van der Waals surface area contributed by atoms with E-state index in [2.05, 4.69) is 55.6 Å². The van der Waals surface area contributed by atoms with Gasteiger partial charge in [-0.2, -0.15) is 8.42 Å². The topological polar surface area (TPSA) is 124 Å². The summed E-state index contributed by atoms with van der Waals surface area (Å²) in [5, 5.41) is 23.3. The second-order valence-electron chi connectivity index (χ2n) is 13.3. The van der Waals surface area contributed by atoms with Crippen LogP contribution in [0.2, 0.25) is 0 Å². The van der Waals surface area contributed by atoms with E-state index in [1.165, 1.54) is 102 Å². The highest BCUT2D eigenvalue weighted by atomic mass is 32.2. The summed E-state index contributed by atoms with van der Waals surface area (Å²) in [5.41, 5.74) is 0. The summed E-state index contributed by atoms with van der Waals surface area (Å²) in [6.07, 6.45) is 41.7. The van der Waals surface area contributed by atoms with E-state index in [-0.39, 0.29) is 6.42 Å². The second kappa shape index (κ2) is 33.7. The Bertz CT molecular complexity index is 959. The zero-order chi connectivity index (χ0) is 35.6. The molecule has 0 aromatic carbocycles. The third-order valence-electron chi connectivity index (χ3n) is 8.56. The van der Waals surface area contributed by atoms with E-state index in [0.29, 0.717) is 12.8 Å². The van der Waals surface area contributed by atoms with Crippen molar-refractivity contribution in [3.05, 3.63) is 48.6 Å². The molecule has 4 N–H and O–H groups in total. The number of aliphatic hydroxyl groups is 2. The van der Waals surface area contributed by atoms with Crippen molar-refractivity contribution in [2.24, 2.45) is 0 Å². The monoisotopic (exact) mass is 696 g/mol. The average molecular weight is 696 g/mol. The van der Waals surface area contributed by atoms with E-state index in [9.17, 15) is 28.0 Å². The van der Waals surface area contributed by atoms with Crippen molar-refractivity contribution >= 4 is 16.0 Å². The lowest BCUT2D eigenvalue weighted by Gasteiger charge is -2.22. The minimum absolute atomic E-state index is 0.239. The summed E-state index contributed by atoms with van der Waals surface area (Å²) >= 11 is 0. The number of nitrogens with one attached hydrogen (secondary N) is 1. The number of carbonyl (C=O) groups is 1. The third kappa shape index (κ3) is 32.8. The van der Waals surface area contributed by atoms with Gasteiger partial charge in [0.1, 0.15) is 6.10 Å². The van der Waals surface area contributed by atoms with Crippen LogP contribution in [0.5, 0.6) is 0 Å². The molecule has 8 heteroatoms. The molecule has 0 fully saturated rings. The van der Waals surface area contributed by atoms with E-state index in [0.717, 1.165) is 44.9 Å². The molecule has 0 bridgehead atoms. The standard InChI is InChI=1S/C40H73NO6S/c1-3-5-7-9-11-13-15-17-18-19-20-21-22-23-25-26-28-30-32-34-38(42)37(36-48(45,46)47)41-40(44)39(43)35-33-31-29-27-24-16-14-12-10-8-6-4-2/h20-21,24-27,32,34,37-39,42-43H,3-19,22-23,28-31,33,35-36H2,1-2H3,(H,41,44)(H,45,46,47)/b21-20+,26-25+,27-24-,34-32+. The van der Waals surface area contributed by atoms with Gasteiger partial charge in [-0.1, -0.05) is 152 Å². The molecule has 3 unspecified atom stereocenters. The number of allylic oxidation sites excluding steroid dienone is 7. The van der Waals surface area contributed by atoms with Crippen LogP contribution in [0, 0.1) is 0 Å². The van der Waals surface area contributed by atoms with E-state index < -0.39 is 40.0 Å². The predicted octanol–water partition coefficient (Wildman–Crippen LogP) is 10.1. The largest absolute Gasteiger partial charge is 0.387 e. The van der Waals surface area contributed by atoms with Gasteiger partial charge in [-0.25, -0.2) is 0 Å². The van der Waals surface area contributed by atoms with Crippen molar-refractivity contribution in [3.8, 4) is 0 Å². The molecule has 0 radical (unpaired) electrons. The first-order chi connectivity index (χ1) is 23.2. The molecule has 0 aromatic heterocycles. The number of amides is 1. The van der Waals surface area contributed by atoms with E-state index in [1.54, 1.807) is 6.08 Å². The van der Waals surface area contributed by atoms with Gasteiger partial charge in [0.05, 0.1) is 17.9 Å². The molecule has 48 heavy (non-hydrogen) atoms. The summed E-state index contributed by atoms with van der Waals surface area (Å²) in [7, 11) is -4.46. The van der Waals surface area contributed by atoms with E-state index in [1.807, 2.05) is 0 Å². The smallest absolute Gasteiger partial charge is 0.267 e. The lowest BCUT2D eigenvalue weighted by molar-refractivity contribution is -0.130. The molecule has 0 heterocycles. The number of carbonyl (C=O) groups excluding carboxylic acids is 1. The summed E-state index contributed by atoms with van der Waals surface area (Å²) in [6.45, 7) is 4.48. The minimum atomic E-state index is -4.46. The molecule has 280 valence electrons. The molecule has 0 spiro atoms. The Morgan fingerprint density at radius 1 is 0.562 bits per heavy atom. The fourth-order valence-electron chi connectivity index (χ4n) is 5.54. The quantitative estimate of drug-likeness (QED) is 0.0302. The zero-order valence-corrected chi connectivity index (χ0v) is 31.5. The van der Waals surface area contributed by atoms with Gasteiger partial charge < -0.3 is 15.5 Å². The zero-order valence-electron chi connectivity index (χ0n) is 30.7. The number of aliphatic hydroxyl groups excluding tert-OH is 2. The van der Waals surface area contributed by atoms with Crippen LogP contribution >= 0.6 is 0 Å². The van der Waals surface area contributed by atoms with Crippen molar-refractivity contribution in [1.82, 2.24) is 5.32 Å². The predicted molar refractivity (Wildman–Crippen MR) is 204 cm³/mol. The average Bonchev–Trinajstić information content (AvgIpc) is 3.05.